The summed E-state index contributed by atoms with van der Waals surface area (Å²) >= 11 is 0. The van der Waals surface area contributed by atoms with Gasteiger partial charge in [0, 0.05) is 31.3 Å². The Hall–Kier alpha value is -1.55. The molecule has 3 atom stereocenters. The summed E-state index contributed by atoms with van der Waals surface area (Å²) < 4.78 is 5.59. The standard InChI is InChI=1S/C17H24N2O2/c1-2-16-14(8-10-21-16)17(20)18-9-7-12-11-19-15-6-4-3-5-13(12)15/h3-6,12,14,16,19H,2,7-11H2,1H3,(H,18,20). The molecule has 4 nitrogen and oxygen atoms in total. The Morgan fingerprint density at radius 1 is 1.43 bits per heavy atom. The second-order valence-electron chi connectivity index (χ2n) is 5.96. The first kappa shape index (κ1) is 14.4. The van der Waals surface area contributed by atoms with Crippen molar-refractivity contribution in [3.63, 3.8) is 0 Å². The number of anilines is 1. The van der Waals surface area contributed by atoms with Crippen molar-refractivity contribution < 1.29 is 9.53 Å². The zero-order valence-electron chi connectivity index (χ0n) is 12.6. The van der Waals surface area contributed by atoms with Gasteiger partial charge < -0.3 is 15.4 Å². The van der Waals surface area contributed by atoms with Crippen LogP contribution in [0.2, 0.25) is 0 Å². The van der Waals surface area contributed by atoms with Crippen molar-refractivity contribution in [3.8, 4) is 0 Å². The molecule has 3 rings (SSSR count). The Labute approximate surface area is 126 Å². The number of hydrogen-bond donors (Lipinski definition) is 2. The number of fused-ring (bicyclic) bond motifs is 1. The number of amides is 1. The van der Waals surface area contributed by atoms with Crippen LogP contribution in [0, 0.1) is 5.92 Å². The lowest BCUT2D eigenvalue weighted by molar-refractivity contribution is -0.126. The van der Waals surface area contributed by atoms with Gasteiger partial charge in [-0.25, -0.2) is 0 Å². The number of para-hydroxylation sites is 1. The molecule has 0 saturated carbocycles. The molecule has 1 amide bonds. The predicted octanol–water partition coefficient (Wildman–Crippen LogP) is 2.52. The highest BCUT2D eigenvalue weighted by Gasteiger charge is 2.32. The summed E-state index contributed by atoms with van der Waals surface area (Å²) in [6.45, 7) is 4.51. The number of carbonyl (C=O) groups excluding carboxylic acids is 1. The molecule has 1 aromatic rings. The summed E-state index contributed by atoms with van der Waals surface area (Å²) in [5.41, 5.74) is 2.62. The number of hydrogen-bond acceptors (Lipinski definition) is 3. The molecule has 2 aliphatic heterocycles. The van der Waals surface area contributed by atoms with Crippen molar-refractivity contribution in [1.29, 1.82) is 0 Å². The molecule has 21 heavy (non-hydrogen) atoms. The summed E-state index contributed by atoms with van der Waals surface area (Å²) in [6, 6.07) is 8.44. The molecule has 1 aromatic carbocycles. The molecular weight excluding hydrogens is 264 g/mol. The summed E-state index contributed by atoms with van der Waals surface area (Å²) in [4.78, 5) is 12.2. The highest BCUT2D eigenvalue weighted by atomic mass is 16.5. The van der Waals surface area contributed by atoms with E-state index >= 15 is 0 Å². The number of nitrogens with one attached hydrogen (secondary N) is 2. The van der Waals surface area contributed by atoms with Gasteiger partial charge in [-0.15, -0.1) is 0 Å². The first-order valence-corrected chi connectivity index (χ1v) is 8.01. The van der Waals surface area contributed by atoms with Crippen molar-refractivity contribution in [2.75, 3.05) is 25.0 Å². The van der Waals surface area contributed by atoms with E-state index in [1.807, 2.05) is 0 Å². The number of benzene rings is 1. The van der Waals surface area contributed by atoms with Crippen LogP contribution in [-0.2, 0) is 9.53 Å². The lowest BCUT2D eigenvalue weighted by atomic mass is 9.96. The van der Waals surface area contributed by atoms with E-state index in [9.17, 15) is 4.79 Å². The molecule has 0 aromatic heterocycles. The summed E-state index contributed by atoms with van der Waals surface area (Å²) in [5, 5.41) is 6.53. The third kappa shape index (κ3) is 3.05. The molecule has 2 aliphatic rings. The van der Waals surface area contributed by atoms with Crippen LogP contribution in [0.3, 0.4) is 0 Å². The van der Waals surface area contributed by atoms with E-state index in [4.69, 9.17) is 4.74 Å². The van der Waals surface area contributed by atoms with E-state index in [2.05, 4.69) is 41.8 Å². The average Bonchev–Trinajstić information content (AvgIpc) is 3.14. The Kier molecular flexibility index (Phi) is 4.44. The molecule has 2 N–H and O–H groups in total. The van der Waals surface area contributed by atoms with Gasteiger partial charge in [-0.1, -0.05) is 25.1 Å². The first-order valence-electron chi connectivity index (χ1n) is 8.01. The SMILES string of the molecule is CCC1OCCC1C(=O)NCCC1CNc2ccccc21. The van der Waals surface area contributed by atoms with Crippen LogP contribution in [0.4, 0.5) is 5.69 Å². The average molecular weight is 288 g/mol. The maximum Gasteiger partial charge on any atom is 0.225 e. The third-order valence-corrected chi connectivity index (χ3v) is 4.68. The molecule has 3 unspecified atom stereocenters. The Morgan fingerprint density at radius 2 is 2.29 bits per heavy atom. The number of carbonyl (C=O) groups is 1. The van der Waals surface area contributed by atoms with Gasteiger partial charge in [0.25, 0.3) is 0 Å². The summed E-state index contributed by atoms with van der Waals surface area (Å²) in [6.07, 6.45) is 2.87. The van der Waals surface area contributed by atoms with Gasteiger partial charge in [-0.05, 0) is 30.9 Å². The Balaban J connectivity index is 1.48. The number of ether oxygens (including phenoxy) is 1. The van der Waals surface area contributed by atoms with Gasteiger partial charge in [-0.3, -0.25) is 4.79 Å². The highest BCUT2D eigenvalue weighted by Crippen LogP contribution is 2.32. The Bertz CT molecular complexity index is 503. The third-order valence-electron chi connectivity index (χ3n) is 4.68. The van der Waals surface area contributed by atoms with Gasteiger partial charge in [0.15, 0.2) is 0 Å². The van der Waals surface area contributed by atoms with Gasteiger partial charge in [-0.2, -0.15) is 0 Å². The second kappa shape index (κ2) is 6.48. The monoisotopic (exact) mass is 288 g/mol. The van der Waals surface area contributed by atoms with Crippen molar-refractivity contribution in [2.45, 2.75) is 38.2 Å². The fourth-order valence-corrected chi connectivity index (χ4v) is 3.47. The zero-order valence-corrected chi connectivity index (χ0v) is 12.6. The quantitative estimate of drug-likeness (QED) is 0.875. The molecule has 2 heterocycles. The van der Waals surface area contributed by atoms with Crippen molar-refractivity contribution in [1.82, 2.24) is 5.32 Å². The van der Waals surface area contributed by atoms with Gasteiger partial charge in [0.2, 0.25) is 5.91 Å². The van der Waals surface area contributed by atoms with Crippen LogP contribution in [0.1, 0.15) is 37.7 Å². The molecule has 114 valence electrons. The predicted molar refractivity (Wildman–Crippen MR) is 83.4 cm³/mol. The fraction of sp³-hybridized carbons (Fsp3) is 0.588. The van der Waals surface area contributed by atoms with Crippen molar-refractivity contribution in [3.05, 3.63) is 29.8 Å². The minimum atomic E-state index is 0.0454. The lowest BCUT2D eigenvalue weighted by Crippen LogP contribution is -2.36. The molecular formula is C17H24N2O2. The van der Waals surface area contributed by atoms with Gasteiger partial charge >= 0.3 is 0 Å². The van der Waals surface area contributed by atoms with Crippen LogP contribution in [0.15, 0.2) is 24.3 Å². The van der Waals surface area contributed by atoms with Crippen LogP contribution in [0.5, 0.6) is 0 Å². The fourth-order valence-electron chi connectivity index (χ4n) is 3.47. The topological polar surface area (TPSA) is 50.4 Å². The normalized spacial score (nSPS) is 27.2. The van der Waals surface area contributed by atoms with E-state index in [0.717, 1.165) is 39.0 Å². The zero-order chi connectivity index (χ0) is 14.7. The van der Waals surface area contributed by atoms with Crippen LogP contribution in [-0.4, -0.2) is 31.7 Å². The Morgan fingerprint density at radius 3 is 3.14 bits per heavy atom. The molecule has 4 heteroatoms. The maximum absolute atomic E-state index is 12.2. The van der Waals surface area contributed by atoms with E-state index < -0.39 is 0 Å². The van der Waals surface area contributed by atoms with Gasteiger partial charge in [0.05, 0.1) is 12.0 Å². The molecule has 1 saturated heterocycles. The van der Waals surface area contributed by atoms with Gasteiger partial charge in [0.1, 0.15) is 0 Å². The smallest absolute Gasteiger partial charge is 0.225 e. The van der Waals surface area contributed by atoms with Crippen molar-refractivity contribution >= 4 is 11.6 Å². The molecule has 0 spiro atoms. The maximum atomic E-state index is 12.2. The molecule has 0 radical (unpaired) electrons. The van der Waals surface area contributed by atoms with E-state index in [-0.39, 0.29) is 17.9 Å². The highest BCUT2D eigenvalue weighted by molar-refractivity contribution is 5.79. The van der Waals surface area contributed by atoms with Crippen LogP contribution >= 0.6 is 0 Å². The largest absolute Gasteiger partial charge is 0.384 e. The van der Waals surface area contributed by atoms with Crippen molar-refractivity contribution in [2.24, 2.45) is 5.92 Å². The number of rotatable bonds is 5. The summed E-state index contributed by atoms with van der Waals surface area (Å²) in [7, 11) is 0. The minimum absolute atomic E-state index is 0.0454. The second-order valence-corrected chi connectivity index (χ2v) is 5.96. The van der Waals surface area contributed by atoms with E-state index in [0.29, 0.717) is 5.92 Å². The molecule has 1 fully saturated rings. The van der Waals surface area contributed by atoms with Crippen LogP contribution < -0.4 is 10.6 Å². The first-order chi connectivity index (χ1) is 10.3. The molecule has 0 aliphatic carbocycles. The lowest BCUT2D eigenvalue weighted by Gasteiger charge is -2.17. The van der Waals surface area contributed by atoms with Crippen LogP contribution in [0.25, 0.3) is 0 Å². The van der Waals surface area contributed by atoms with E-state index in [1.54, 1.807) is 0 Å². The minimum Gasteiger partial charge on any atom is -0.384 e. The van der Waals surface area contributed by atoms with E-state index in [1.165, 1.54) is 11.3 Å². The summed E-state index contributed by atoms with van der Waals surface area (Å²) in [5.74, 6) is 0.714. The molecule has 0 bridgehead atoms.